The van der Waals surface area contributed by atoms with Crippen LogP contribution in [-0.4, -0.2) is 50.4 Å². The van der Waals surface area contributed by atoms with Gasteiger partial charge in [-0.05, 0) is 81.8 Å². The van der Waals surface area contributed by atoms with Gasteiger partial charge in [-0.1, -0.05) is 56.3 Å². The lowest BCUT2D eigenvalue weighted by atomic mass is 9.93. The number of nitrogens with one attached hydrogen (secondary N) is 1. The van der Waals surface area contributed by atoms with Gasteiger partial charge in [0.15, 0.2) is 11.5 Å². The Morgan fingerprint density at radius 1 is 0.732 bits per heavy atom. The number of fused-ring (bicyclic) bond motifs is 1. The van der Waals surface area contributed by atoms with Crippen LogP contribution in [0.1, 0.15) is 30.9 Å². The van der Waals surface area contributed by atoms with Crippen LogP contribution in [0.4, 0.5) is 0 Å². The lowest BCUT2D eigenvalue weighted by molar-refractivity contribution is 0.0342. The molecule has 4 aromatic carbocycles. The lowest BCUT2D eigenvalue weighted by Gasteiger charge is -2.26. The monoisotopic (exact) mass is 546 g/mol. The SMILES string of the molecule is COc1ccc(-c2[nH]c3ccc(-c4cccc(-c5cccc(CN6CCOCC6)c5)c4)cc3c2C(C)C)cc1OC. The molecule has 2 heterocycles. The van der Waals surface area contributed by atoms with Crippen LogP contribution >= 0.6 is 0 Å². The maximum absolute atomic E-state index is 5.60. The molecule has 0 unspecified atom stereocenters. The molecule has 41 heavy (non-hydrogen) atoms. The third-order valence-electron chi connectivity index (χ3n) is 8.05. The molecule has 0 bridgehead atoms. The molecular formula is C36H38N2O3. The van der Waals surface area contributed by atoms with Crippen molar-refractivity contribution in [3.63, 3.8) is 0 Å². The van der Waals surface area contributed by atoms with Crippen molar-refractivity contribution in [3.05, 3.63) is 96.1 Å². The van der Waals surface area contributed by atoms with Gasteiger partial charge in [0, 0.05) is 36.1 Å². The van der Waals surface area contributed by atoms with Crippen molar-refractivity contribution >= 4 is 10.9 Å². The summed E-state index contributed by atoms with van der Waals surface area (Å²) in [6.45, 7) is 9.10. The summed E-state index contributed by atoms with van der Waals surface area (Å²) in [5, 5.41) is 1.25. The maximum atomic E-state index is 5.60. The van der Waals surface area contributed by atoms with Crippen LogP contribution in [-0.2, 0) is 11.3 Å². The quantitative estimate of drug-likeness (QED) is 0.213. The van der Waals surface area contributed by atoms with Crippen LogP contribution in [0.15, 0.2) is 84.9 Å². The van der Waals surface area contributed by atoms with E-state index in [1.165, 1.54) is 38.8 Å². The van der Waals surface area contributed by atoms with Gasteiger partial charge >= 0.3 is 0 Å². The van der Waals surface area contributed by atoms with Gasteiger partial charge in [-0.15, -0.1) is 0 Å². The molecule has 1 aliphatic heterocycles. The number of ether oxygens (including phenoxy) is 3. The van der Waals surface area contributed by atoms with E-state index in [0.29, 0.717) is 5.92 Å². The molecule has 1 saturated heterocycles. The maximum Gasteiger partial charge on any atom is 0.161 e. The smallest absolute Gasteiger partial charge is 0.161 e. The predicted molar refractivity (Wildman–Crippen MR) is 168 cm³/mol. The first-order chi connectivity index (χ1) is 20.0. The van der Waals surface area contributed by atoms with Gasteiger partial charge in [0.25, 0.3) is 0 Å². The molecule has 0 saturated carbocycles. The minimum Gasteiger partial charge on any atom is -0.493 e. The highest BCUT2D eigenvalue weighted by atomic mass is 16.5. The van der Waals surface area contributed by atoms with E-state index in [4.69, 9.17) is 14.2 Å². The fourth-order valence-electron chi connectivity index (χ4n) is 5.96. The highest BCUT2D eigenvalue weighted by molar-refractivity contribution is 5.94. The summed E-state index contributed by atoms with van der Waals surface area (Å²) in [4.78, 5) is 6.16. The Balaban J connectivity index is 1.35. The number of aromatic amines is 1. The van der Waals surface area contributed by atoms with Crippen molar-refractivity contribution in [2.24, 2.45) is 0 Å². The number of benzene rings is 4. The standard InChI is InChI=1S/C36H38N2O3/c1-24(2)35-31-21-29(11-13-32(31)37-36(35)30-12-14-33(39-3)34(22-30)40-4)28-10-6-9-27(20-28)26-8-5-7-25(19-26)23-38-15-17-41-18-16-38/h5-14,19-22,24,37H,15-18,23H2,1-4H3. The zero-order chi connectivity index (χ0) is 28.3. The summed E-state index contributed by atoms with van der Waals surface area (Å²) < 4.78 is 16.6. The normalized spacial score (nSPS) is 14.1. The molecule has 210 valence electrons. The number of H-pyrrole nitrogens is 1. The summed E-state index contributed by atoms with van der Waals surface area (Å²) in [5.74, 6) is 1.79. The number of hydrogen-bond acceptors (Lipinski definition) is 4. The first-order valence-corrected chi connectivity index (χ1v) is 14.4. The average molecular weight is 547 g/mol. The molecule has 0 amide bonds. The second-order valence-corrected chi connectivity index (χ2v) is 11.1. The number of morpholine rings is 1. The molecule has 5 nitrogen and oxygen atoms in total. The molecule has 6 rings (SSSR count). The van der Waals surface area contributed by atoms with Crippen LogP contribution in [0.5, 0.6) is 11.5 Å². The summed E-state index contributed by atoms with van der Waals surface area (Å²) in [7, 11) is 3.34. The van der Waals surface area contributed by atoms with E-state index < -0.39 is 0 Å². The van der Waals surface area contributed by atoms with Gasteiger partial charge in [-0.25, -0.2) is 0 Å². The topological polar surface area (TPSA) is 46.7 Å². The van der Waals surface area contributed by atoms with E-state index >= 15 is 0 Å². The van der Waals surface area contributed by atoms with E-state index in [1.807, 2.05) is 12.1 Å². The van der Waals surface area contributed by atoms with Gasteiger partial charge in [0.2, 0.25) is 0 Å². The van der Waals surface area contributed by atoms with Crippen LogP contribution in [0, 0.1) is 0 Å². The fourth-order valence-corrected chi connectivity index (χ4v) is 5.96. The summed E-state index contributed by atoms with van der Waals surface area (Å²) >= 11 is 0. The molecule has 5 aromatic rings. The molecule has 5 heteroatoms. The predicted octanol–water partition coefficient (Wildman–Crippen LogP) is 8.14. The Hall–Kier alpha value is -4.06. The number of nitrogens with zero attached hydrogens (tertiary/aromatic N) is 1. The number of aromatic nitrogens is 1. The van der Waals surface area contributed by atoms with E-state index in [2.05, 4.69) is 96.5 Å². The van der Waals surface area contributed by atoms with E-state index in [-0.39, 0.29) is 0 Å². The largest absolute Gasteiger partial charge is 0.493 e. The Bertz CT molecular complexity index is 1660. The Kier molecular flexibility index (Phi) is 7.82. The average Bonchev–Trinajstić information content (AvgIpc) is 3.41. The second-order valence-electron chi connectivity index (χ2n) is 11.1. The molecule has 0 atom stereocenters. The van der Waals surface area contributed by atoms with Gasteiger partial charge in [0.05, 0.1) is 33.1 Å². The van der Waals surface area contributed by atoms with Crippen LogP contribution in [0.2, 0.25) is 0 Å². The fraction of sp³-hybridized carbons (Fsp3) is 0.278. The molecule has 0 spiro atoms. The summed E-state index contributed by atoms with van der Waals surface area (Å²) in [6.07, 6.45) is 0. The van der Waals surface area contributed by atoms with Gasteiger partial charge in [0.1, 0.15) is 0 Å². The molecule has 0 radical (unpaired) electrons. The zero-order valence-electron chi connectivity index (χ0n) is 24.4. The third-order valence-corrected chi connectivity index (χ3v) is 8.05. The van der Waals surface area contributed by atoms with Crippen molar-refractivity contribution in [1.29, 1.82) is 0 Å². The third kappa shape index (κ3) is 5.61. The lowest BCUT2D eigenvalue weighted by Crippen LogP contribution is -2.35. The van der Waals surface area contributed by atoms with Gasteiger partial charge < -0.3 is 19.2 Å². The first kappa shape index (κ1) is 27.1. The minimum absolute atomic E-state index is 0.336. The highest BCUT2D eigenvalue weighted by Gasteiger charge is 2.18. The van der Waals surface area contributed by atoms with Crippen LogP contribution in [0.3, 0.4) is 0 Å². The van der Waals surface area contributed by atoms with Crippen molar-refractivity contribution in [1.82, 2.24) is 9.88 Å². The molecular weight excluding hydrogens is 508 g/mol. The van der Waals surface area contributed by atoms with Crippen molar-refractivity contribution in [2.45, 2.75) is 26.3 Å². The van der Waals surface area contributed by atoms with Crippen LogP contribution < -0.4 is 9.47 Å². The number of rotatable bonds is 8. The molecule has 1 fully saturated rings. The van der Waals surface area contributed by atoms with E-state index in [1.54, 1.807) is 14.2 Å². The Morgan fingerprint density at radius 3 is 2.10 bits per heavy atom. The Labute approximate surface area is 242 Å². The van der Waals surface area contributed by atoms with Crippen LogP contribution in [0.25, 0.3) is 44.4 Å². The summed E-state index contributed by atoms with van der Waals surface area (Å²) in [6, 6.07) is 30.7. The second kappa shape index (κ2) is 11.8. The number of hydrogen-bond donors (Lipinski definition) is 1. The van der Waals surface area contributed by atoms with Crippen molar-refractivity contribution in [3.8, 4) is 45.0 Å². The zero-order valence-corrected chi connectivity index (χ0v) is 24.4. The van der Waals surface area contributed by atoms with E-state index in [9.17, 15) is 0 Å². The highest BCUT2D eigenvalue weighted by Crippen LogP contribution is 2.40. The number of methoxy groups -OCH3 is 2. The van der Waals surface area contributed by atoms with E-state index in [0.717, 1.165) is 61.1 Å². The van der Waals surface area contributed by atoms with Crippen molar-refractivity contribution < 1.29 is 14.2 Å². The minimum atomic E-state index is 0.336. The molecule has 1 aliphatic rings. The molecule has 1 N–H and O–H groups in total. The first-order valence-electron chi connectivity index (χ1n) is 14.4. The molecule has 0 aliphatic carbocycles. The van der Waals surface area contributed by atoms with Gasteiger partial charge in [-0.3, -0.25) is 4.90 Å². The van der Waals surface area contributed by atoms with Gasteiger partial charge in [-0.2, -0.15) is 0 Å². The van der Waals surface area contributed by atoms with Crippen molar-refractivity contribution in [2.75, 3.05) is 40.5 Å². The Morgan fingerprint density at radius 2 is 1.39 bits per heavy atom. The summed E-state index contributed by atoms with van der Waals surface area (Å²) in [5.41, 5.74) is 10.9. The molecule has 1 aromatic heterocycles.